The van der Waals surface area contributed by atoms with Crippen molar-refractivity contribution in [3.63, 3.8) is 0 Å². The van der Waals surface area contributed by atoms with Crippen molar-refractivity contribution >= 4 is 28.4 Å². The number of hydrogen-bond donors (Lipinski definition) is 2. The molecule has 0 spiro atoms. The lowest BCUT2D eigenvalue weighted by molar-refractivity contribution is -0.134. The van der Waals surface area contributed by atoms with Gasteiger partial charge in [-0.15, -0.1) is 0 Å². The molecular formula is C21H26N4O4S. The van der Waals surface area contributed by atoms with E-state index in [4.69, 9.17) is 9.47 Å². The Balaban J connectivity index is 1.30. The Morgan fingerprint density at radius 1 is 1.23 bits per heavy atom. The quantitative estimate of drug-likeness (QED) is 0.734. The number of fused-ring (bicyclic) bond motifs is 1. The number of para-hydroxylation sites is 2. The highest BCUT2D eigenvalue weighted by Gasteiger charge is 2.25. The molecule has 2 aliphatic rings. The van der Waals surface area contributed by atoms with E-state index in [9.17, 15) is 9.59 Å². The van der Waals surface area contributed by atoms with E-state index in [-0.39, 0.29) is 24.6 Å². The fourth-order valence-electron chi connectivity index (χ4n) is 3.82. The van der Waals surface area contributed by atoms with Crippen LogP contribution in [0, 0.1) is 0 Å². The van der Waals surface area contributed by atoms with Crippen LogP contribution in [0.15, 0.2) is 24.3 Å². The Kier molecular flexibility index (Phi) is 6.37. The van der Waals surface area contributed by atoms with Gasteiger partial charge in [0.15, 0.2) is 23.2 Å². The number of carbonyl (C=O) groups is 2. The van der Waals surface area contributed by atoms with Crippen molar-refractivity contribution in [1.82, 2.24) is 15.2 Å². The number of nitrogens with one attached hydrogen (secondary N) is 2. The number of rotatable bonds is 6. The van der Waals surface area contributed by atoms with E-state index in [0.29, 0.717) is 36.1 Å². The first-order chi connectivity index (χ1) is 14.6. The van der Waals surface area contributed by atoms with Crippen molar-refractivity contribution in [2.45, 2.75) is 44.7 Å². The minimum absolute atomic E-state index is 0.0522. The third kappa shape index (κ3) is 4.84. The molecule has 160 valence electrons. The van der Waals surface area contributed by atoms with E-state index < -0.39 is 0 Å². The van der Waals surface area contributed by atoms with Gasteiger partial charge >= 0.3 is 6.03 Å². The number of benzene rings is 1. The van der Waals surface area contributed by atoms with Crippen LogP contribution in [0.2, 0.25) is 0 Å². The zero-order valence-electron chi connectivity index (χ0n) is 17.0. The van der Waals surface area contributed by atoms with Gasteiger partial charge in [0.1, 0.15) is 0 Å². The number of hydrogen-bond acceptors (Lipinski definition) is 6. The first kappa shape index (κ1) is 20.5. The Hall–Kier alpha value is -2.81. The molecule has 0 atom stereocenters. The number of urea groups is 1. The molecule has 2 heterocycles. The molecule has 8 nitrogen and oxygen atoms in total. The largest absolute Gasteiger partial charge is 0.493 e. The average Bonchev–Trinajstić information content (AvgIpc) is 3.40. The van der Waals surface area contributed by atoms with Crippen LogP contribution >= 0.6 is 11.3 Å². The lowest BCUT2D eigenvalue weighted by Crippen LogP contribution is -2.38. The van der Waals surface area contributed by atoms with Crippen LogP contribution in [-0.4, -0.2) is 48.1 Å². The maximum atomic E-state index is 12.6. The molecule has 1 aliphatic carbocycles. The number of nitrogens with zero attached hydrogens (tertiary/aromatic N) is 2. The number of carbonyl (C=O) groups excluding carboxylic acids is 2. The summed E-state index contributed by atoms with van der Waals surface area (Å²) in [6, 6.07) is 7.31. The van der Waals surface area contributed by atoms with Crippen LogP contribution in [0.25, 0.3) is 0 Å². The summed E-state index contributed by atoms with van der Waals surface area (Å²) in [5.74, 6) is 1.05. The standard InChI is InChI=1S/C21H26N4O4S/c1-28-16-8-4-5-9-17(16)29-13-19(26)25-11-10-15-18(12-25)30-21(23-15)24-20(27)22-14-6-2-3-7-14/h4-5,8-9,14H,2-3,6-7,10-13H2,1H3,(H2,22,23,24,27). The second kappa shape index (κ2) is 9.34. The zero-order chi connectivity index (χ0) is 20.9. The van der Waals surface area contributed by atoms with Crippen molar-refractivity contribution < 1.29 is 19.1 Å². The van der Waals surface area contributed by atoms with E-state index >= 15 is 0 Å². The highest BCUT2D eigenvalue weighted by Crippen LogP contribution is 2.29. The van der Waals surface area contributed by atoms with E-state index in [0.717, 1.165) is 23.4 Å². The number of methoxy groups -OCH3 is 1. The molecule has 0 bridgehead atoms. The summed E-state index contributed by atoms with van der Waals surface area (Å²) in [6.45, 7) is 1.01. The molecule has 30 heavy (non-hydrogen) atoms. The van der Waals surface area contributed by atoms with Gasteiger partial charge in [-0.05, 0) is 25.0 Å². The van der Waals surface area contributed by atoms with E-state index in [1.807, 2.05) is 12.1 Å². The Bertz CT molecular complexity index is 910. The molecule has 0 radical (unpaired) electrons. The Morgan fingerprint density at radius 2 is 2.00 bits per heavy atom. The highest BCUT2D eigenvalue weighted by molar-refractivity contribution is 7.15. The zero-order valence-corrected chi connectivity index (χ0v) is 17.8. The lowest BCUT2D eigenvalue weighted by atomic mass is 10.2. The van der Waals surface area contributed by atoms with Crippen LogP contribution in [0.1, 0.15) is 36.3 Å². The summed E-state index contributed by atoms with van der Waals surface area (Å²) in [5, 5.41) is 6.43. The Morgan fingerprint density at radius 3 is 2.77 bits per heavy atom. The van der Waals surface area contributed by atoms with Crippen LogP contribution in [-0.2, 0) is 17.8 Å². The highest BCUT2D eigenvalue weighted by atomic mass is 32.1. The summed E-state index contributed by atoms with van der Waals surface area (Å²) in [6.07, 6.45) is 5.08. The maximum Gasteiger partial charge on any atom is 0.321 e. The van der Waals surface area contributed by atoms with Gasteiger partial charge < -0.3 is 19.7 Å². The predicted octanol–water partition coefficient (Wildman–Crippen LogP) is 3.18. The van der Waals surface area contributed by atoms with Crippen LogP contribution in [0.3, 0.4) is 0 Å². The minimum atomic E-state index is -0.203. The number of ether oxygens (including phenoxy) is 2. The van der Waals surface area contributed by atoms with Crippen LogP contribution < -0.4 is 20.1 Å². The summed E-state index contributed by atoms with van der Waals surface area (Å²) < 4.78 is 10.9. The van der Waals surface area contributed by atoms with Gasteiger partial charge in [-0.2, -0.15) is 0 Å². The molecule has 1 saturated carbocycles. The monoisotopic (exact) mass is 430 g/mol. The van der Waals surface area contributed by atoms with Crippen LogP contribution in [0.5, 0.6) is 11.5 Å². The van der Waals surface area contributed by atoms with E-state index in [1.165, 1.54) is 24.2 Å². The van der Waals surface area contributed by atoms with Gasteiger partial charge in [-0.25, -0.2) is 9.78 Å². The summed E-state index contributed by atoms with van der Waals surface area (Å²) >= 11 is 1.43. The molecule has 1 fully saturated rings. The van der Waals surface area contributed by atoms with Gasteiger partial charge in [0.05, 0.1) is 19.3 Å². The molecule has 0 saturated heterocycles. The first-order valence-electron chi connectivity index (χ1n) is 10.2. The first-order valence-corrected chi connectivity index (χ1v) is 11.0. The lowest BCUT2D eigenvalue weighted by Gasteiger charge is -2.26. The third-order valence-electron chi connectivity index (χ3n) is 5.42. The molecule has 9 heteroatoms. The second-order valence-electron chi connectivity index (χ2n) is 7.47. The molecule has 1 aromatic heterocycles. The second-order valence-corrected chi connectivity index (χ2v) is 8.56. The van der Waals surface area contributed by atoms with Crippen molar-refractivity contribution in [3.05, 3.63) is 34.8 Å². The average molecular weight is 431 g/mol. The normalized spacial score (nSPS) is 16.1. The van der Waals surface area contributed by atoms with Gasteiger partial charge in [0, 0.05) is 23.9 Å². The molecule has 2 N–H and O–H groups in total. The van der Waals surface area contributed by atoms with Gasteiger partial charge in [0.25, 0.3) is 5.91 Å². The minimum Gasteiger partial charge on any atom is -0.493 e. The molecular weight excluding hydrogens is 404 g/mol. The van der Waals surface area contributed by atoms with Crippen molar-refractivity contribution in [1.29, 1.82) is 0 Å². The van der Waals surface area contributed by atoms with Crippen molar-refractivity contribution in [2.75, 3.05) is 25.6 Å². The number of amides is 3. The van der Waals surface area contributed by atoms with E-state index in [1.54, 1.807) is 24.1 Å². The van der Waals surface area contributed by atoms with Crippen LogP contribution in [0.4, 0.5) is 9.93 Å². The number of aromatic nitrogens is 1. The molecule has 1 aromatic carbocycles. The fourth-order valence-corrected chi connectivity index (χ4v) is 4.84. The van der Waals surface area contributed by atoms with Crippen molar-refractivity contribution in [2.24, 2.45) is 0 Å². The fraction of sp³-hybridized carbons (Fsp3) is 0.476. The third-order valence-corrected chi connectivity index (χ3v) is 6.41. The van der Waals surface area contributed by atoms with Gasteiger partial charge in [-0.1, -0.05) is 36.3 Å². The Labute approximate surface area is 179 Å². The maximum absolute atomic E-state index is 12.6. The van der Waals surface area contributed by atoms with Gasteiger partial charge in [-0.3, -0.25) is 10.1 Å². The van der Waals surface area contributed by atoms with Gasteiger partial charge in [0.2, 0.25) is 0 Å². The number of thiazole rings is 1. The number of anilines is 1. The molecule has 1 aliphatic heterocycles. The summed E-state index contributed by atoms with van der Waals surface area (Å²) in [7, 11) is 1.57. The molecule has 0 unspecified atom stereocenters. The van der Waals surface area contributed by atoms with E-state index in [2.05, 4.69) is 15.6 Å². The molecule has 2 aromatic rings. The van der Waals surface area contributed by atoms with Crippen molar-refractivity contribution in [3.8, 4) is 11.5 Å². The summed E-state index contributed by atoms with van der Waals surface area (Å²) in [4.78, 5) is 32.1. The molecule has 3 amide bonds. The summed E-state index contributed by atoms with van der Waals surface area (Å²) in [5.41, 5.74) is 0.950. The predicted molar refractivity (Wildman–Crippen MR) is 114 cm³/mol. The smallest absolute Gasteiger partial charge is 0.321 e. The SMILES string of the molecule is COc1ccccc1OCC(=O)N1CCc2nc(NC(=O)NC3CCCC3)sc2C1. The molecule has 4 rings (SSSR count). The topological polar surface area (TPSA) is 92.8 Å².